The van der Waals surface area contributed by atoms with Gasteiger partial charge >= 0.3 is 36.7 Å². The number of esters is 1. The Balaban J connectivity index is 0.000000174. The SMILES string of the molecule is CC(C)(C)OC(=O)n1c(-c2ccccc2C(F)(F)F)cc2ccc(Cl)nc21.COC(=O)c1cc(C(=O)Nc2ccc3cc(-c4ccccc4C(F)(F)F)n(C(=O)OC(C)(C)C)c3n2)n(C)n1.Cn1nc(C(N)=O)cc1C(=O)Nc1ccc2cc(-c3ccccc3C(F)(F)F)[nH]c2n1. The molecule has 0 saturated heterocycles. The third-order valence-electron chi connectivity index (χ3n) is 13.8. The molecule has 32 heteroatoms. The number of pyridine rings is 3. The van der Waals surface area contributed by atoms with Gasteiger partial charge in [-0.2, -0.15) is 49.7 Å². The first-order chi connectivity index (χ1) is 45.3. The number of rotatable bonds is 9. The maximum absolute atomic E-state index is 13.8. The summed E-state index contributed by atoms with van der Waals surface area (Å²) in [5.41, 5.74) is 0.936. The average Bonchev–Trinajstić information content (AvgIpc) is 1.63. The number of aromatic amines is 1. The van der Waals surface area contributed by atoms with Crippen molar-refractivity contribution in [2.45, 2.75) is 71.3 Å². The number of aromatic nitrogens is 10. The number of alkyl halides is 9. The first-order valence-corrected chi connectivity index (χ1v) is 28.9. The highest BCUT2D eigenvalue weighted by molar-refractivity contribution is 6.29. The fourth-order valence-electron chi connectivity index (χ4n) is 9.72. The molecule has 3 amide bonds. The molecule has 0 fully saturated rings. The van der Waals surface area contributed by atoms with E-state index in [1.54, 1.807) is 59.7 Å². The number of nitrogens with two attached hydrogens (primary N) is 1. The number of benzene rings is 3. The van der Waals surface area contributed by atoms with Crippen molar-refractivity contribution in [3.63, 3.8) is 0 Å². The summed E-state index contributed by atoms with van der Waals surface area (Å²) in [5.74, 6) is -2.60. The zero-order valence-corrected chi connectivity index (χ0v) is 53.1. The zero-order valence-electron chi connectivity index (χ0n) is 52.3. The second-order valence-corrected chi connectivity index (χ2v) is 23.5. The van der Waals surface area contributed by atoms with Gasteiger partial charge in [-0.3, -0.25) is 23.7 Å². The highest BCUT2D eigenvalue weighted by atomic mass is 35.5. The Kier molecular flexibility index (Phi) is 19.3. The van der Waals surface area contributed by atoms with E-state index in [9.17, 15) is 68.3 Å². The summed E-state index contributed by atoms with van der Waals surface area (Å²) in [6.07, 6.45) is -15.6. The molecule has 0 bridgehead atoms. The third-order valence-corrected chi connectivity index (χ3v) is 14.0. The summed E-state index contributed by atoms with van der Waals surface area (Å²) < 4.78 is 142. The van der Waals surface area contributed by atoms with E-state index in [0.29, 0.717) is 21.8 Å². The molecule has 0 spiro atoms. The van der Waals surface area contributed by atoms with E-state index in [4.69, 9.17) is 26.8 Å². The molecule has 5 N–H and O–H groups in total. The Labute approximate surface area is 548 Å². The summed E-state index contributed by atoms with van der Waals surface area (Å²) >= 11 is 5.93. The number of aryl methyl sites for hydroxylation is 2. The van der Waals surface area contributed by atoms with Crippen LogP contribution in [0.25, 0.3) is 66.9 Å². The minimum atomic E-state index is -4.69. The predicted molar refractivity (Wildman–Crippen MR) is 337 cm³/mol. The van der Waals surface area contributed by atoms with Gasteiger partial charge in [-0.1, -0.05) is 66.2 Å². The van der Waals surface area contributed by atoms with Crippen molar-refractivity contribution in [1.29, 1.82) is 0 Å². The number of carbonyl (C=O) groups excluding carboxylic acids is 6. The smallest absolute Gasteiger partial charge is 0.420 e. The molecule has 22 nitrogen and oxygen atoms in total. The third kappa shape index (κ3) is 15.9. The molecule has 8 aromatic heterocycles. The number of halogens is 10. The lowest BCUT2D eigenvalue weighted by atomic mass is 10.0. The van der Waals surface area contributed by atoms with Gasteiger partial charge in [0.2, 0.25) is 0 Å². The Morgan fingerprint density at radius 3 is 1.35 bits per heavy atom. The quantitative estimate of drug-likeness (QED) is 0.0453. The molecule has 3 aromatic carbocycles. The Morgan fingerprint density at radius 1 is 0.505 bits per heavy atom. The number of anilines is 2. The molecule has 0 unspecified atom stereocenters. The van der Waals surface area contributed by atoms with Crippen LogP contribution in [0, 0.1) is 0 Å². The maximum Gasteiger partial charge on any atom is 0.420 e. The van der Waals surface area contributed by atoms with Crippen molar-refractivity contribution in [2.24, 2.45) is 19.8 Å². The van der Waals surface area contributed by atoms with Gasteiger partial charge in [0.1, 0.15) is 45.0 Å². The number of primary amides is 1. The molecule has 0 aliphatic rings. The Bertz CT molecular complexity index is 4900. The number of H-pyrrole nitrogens is 1. The summed E-state index contributed by atoms with van der Waals surface area (Å²) in [6.45, 7) is 9.86. The van der Waals surface area contributed by atoms with Gasteiger partial charge < -0.3 is 35.6 Å². The van der Waals surface area contributed by atoms with E-state index in [1.165, 1.54) is 134 Å². The lowest BCUT2D eigenvalue weighted by Crippen LogP contribution is -2.28. The van der Waals surface area contributed by atoms with Gasteiger partial charge in [-0.25, -0.2) is 38.5 Å². The lowest BCUT2D eigenvalue weighted by molar-refractivity contribution is -0.137. The molecular formula is C65H55ClF9N13O9. The van der Waals surface area contributed by atoms with Crippen molar-refractivity contribution in [2.75, 3.05) is 17.7 Å². The molecular weight excluding hydrogens is 1310 g/mol. The van der Waals surface area contributed by atoms with E-state index >= 15 is 0 Å². The monoisotopic (exact) mass is 1370 g/mol. The van der Waals surface area contributed by atoms with Gasteiger partial charge in [-0.05, 0) is 114 Å². The molecule has 8 heterocycles. The van der Waals surface area contributed by atoms with Crippen LogP contribution < -0.4 is 16.4 Å². The Morgan fingerprint density at radius 2 is 0.907 bits per heavy atom. The lowest BCUT2D eigenvalue weighted by Gasteiger charge is -2.21. The van der Waals surface area contributed by atoms with Crippen LogP contribution >= 0.6 is 11.6 Å². The predicted octanol–water partition coefficient (Wildman–Crippen LogP) is 14.8. The van der Waals surface area contributed by atoms with Crippen LogP contribution in [0.15, 0.2) is 140 Å². The number of ether oxygens (including phenoxy) is 3. The summed E-state index contributed by atoms with van der Waals surface area (Å²) in [6, 6.07) is 31.2. The number of amides is 3. The van der Waals surface area contributed by atoms with Crippen LogP contribution in [0.2, 0.25) is 5.15 Å². The summed E-state index contributed by atoms with van der Waals surface area (Å²) in [5, 5.41) is 14.4. The highest BCUT2D eigenvalue weighted by Crippen LogP contribution is 2.42. The first kappa shape index (κ1) is 70.0. The van der Waals surface area contributed by atoms with Crippen LogP contribution in [0.5, 0.6) is 0 Å². The topological polar surface area (TPSA) is 280 Å². The molecule has 0 aliphatic heterocycles. The second-order valence-electron chi connectivity index (χ2n) is 23.1. The van der Waals surface area contributed by atoms with E-state index in [-0.39, 0.29) is 84.6 Å². The van der Waals surface area contributed by atoms with Gasteiger partial charge in [0.15, 0.2) is 22.7 Å². The number of hydrogen-bond donors (Lipinski definition) is 4. The largest absolute Gasteiger partial charge is 0.464 e. The number of nitrogens with one attached hydrogen (secondary N) is 3. The molecule has 11 rings (SSSR count). The number of fused-ring (bicyclic) bond motifs is 3. The van der Waals surface area contributed by atoms with E-state index in [0.717, 1.165) is 27.3 Å². The minimum absolute atomic E-state index is 0.00699. The highest BCUT2D eigenvalue weighted by Gasteiger charge is 2.38. The summed E-state index contributed by atoms with van der Waals surface area (Å²) in [7, 11) is 4.11. The van der Waals surface area contributed by atoms with Crippen molar-refractivity contribution in [3.8, 4) is 33.8 Å². The molecule has 97 heavy (non-hydrogen) atoms. The van der Waals surface area contributed by atoms with Gasteiger partial charge in [0.05, 0.1) is 35.2 Å². The molecule has 0 radical (unpaired) electrons. The fraction of sp³-hybridized carbons (Fsp3) is 0.215. The van der Waals surface area contributed by atoms with Crippen LogP contribution in [0.4, 0.5) is 60.7 Å². The zero-order chi connectivity index (χ0) is 71.0. The fourth-order valence-corrected chi connectivity index (χ4v) is 9.86. The molecule has 0 saturated carbocycles. The van der Waals surface area contributed by atoms with Crippen molar-refractivity contribution >= 4 is 92.2 Å². The first-order valence-electron chi connectivity index (χ1n) is 28.6. The molecule has 11 aromatic rings. The summed E-state index contributed by atoms with van der Waals surface area (Å²) in [4.78, 5) is 90.0. The molecule has 504 valence electrons. The van der Waals surface area contributed by atoms with E-state index < -0.39 is 82.3 Å². The molecule has 0 aliphatic carbocycles. The van der Waals surface area contributed by atoms with Gasteiger partial charge in [-0.15, -0.1) is 0 Å². The van der Waals surface area contributed by atoms with Crippen molar-refractivity contribution in [3.05, 3.63) is 184 Å². The van der Waals surface area contributed by atoms with Crippen LogP contribution in [-0.2, 0) is 46.8 Å². The van der Waals surface area contributed by atoms with E-state index in [2.05, 4.69) is 45.5 Å². The van der Waals surface area contributed by atoms with Crippen molar-refractivity contribution in [1.82, 2.24) is 48.6 Å². The second kappa shape index (κ2) is 26.8. The minimum Gasteiger partial charge on any atom is -0.464 e. The number of nitrogens with zero attached hydrogens (tertiary/aromatic N) is 9. The standard InChI is InChI=1S/C26H24F3N5O5.C20H15F3N6O2.C19H16ClF3N2O2/c1-25(2,3)39-24(37)34-18(15-8-6-7-9-16(15)26(27,28)29)12-14-10-11-20(30-21(14)34)31-22(35)19-13-17(23(36)38-5)32-33(19)4;1-29-15(9-14(28-29)17(24)30)19(31)27-16-7-6-10-8-13(25-18(10)26-16)11-4-2-3-5-12(11)20(21,22)23;1-18(2,3)27-17(26)25-14(10-11-8-9-15(20)24-16(11)25)12-6-4-5-7-13(12)19(21,22)23/h6-13H,1-5H3,(H,30,31,35);2-9H,1H3,(H2,24,30)(H2,25,26,27,31);4-10H,1-3H3. The Hall–Kier alpha value is -11.4. The van der Waals surface area contributed by atoms with Crippen LogP contribution in [-0.4, -0.2) is 103 Å². The van der Waals surface area contributed by atoms with Crippen LogP contribution in [0.1, 0.15) is 100 Å². The number of hydrogen-bond acceptors (Lipinski definition) is 14. The maximum atomic E-state index is 13.8. The van der Waals surface area contributed by atoms with Crippen molar-refractivity contribution < 1.29 is 82.5 Å². The van der Waals surface area contributed by atoms with E-state index in [1.807, 2.05) is 0 Å². The van der Waals surface area contributed by atoms with Gasteiger partial charge in [0, 0.05) is 64.8 Å². The molecule has 0 atom stereocenters. The number of carbonyl (C=O) groups is 6. The number of methoxy groups -OCH3 is 1. The average molecular weight is 1370 g/mol. The van der Waals surface area contributed by atoms with Crippen LogP contribution in [0.3, 0.4) is 0 Å². The normalized spacial score (nSPS) is 11.9. The van der Waals surface area contributed by atoms with Gasteiger partial charge in [0.25, 0.3) is 17.7 Å².